The molecule has 0 saturated carbocycles. The summed E-state index contributed by atoms with van der Waals surface area (Å²) in [6.45, 7) is 1.35. The van der Waals surface area contributed by atoms with Crippen molar-refractivity contribution in [1.29, 1.82) is 5.26 Å². The van der Waals surface area contributed by atoms with Crippen LogP contribution in [-0.2, 0) is 12.4 Å². The van der Waals surface area contributed by atoms with Crippen LogP contribution < -0.4 is 9.67 Å². The summed E-state index contributed by atoms with van der Waals surface area (Å²) >= 11 is -4.76. The van der Waals surface area contributed by atoms with E-state index in [9.17, 15) is 8.53 Å². The predicted octanol–water partition coefficient (Wildman–Crippen LogP) is 2.93. The molecule has 1 unspecified atom stereocenters. The Morgan fingerprint density at radius 1 is 1.00 bits per heavy atom. The second-order valence-electron chi connectivity index (χ2n) is 5.85. The molecule has 0 fully saturated rings. The number of hydrogen-bond acceptors (Lipinski definition) is 5. The van der Waals surface area contributed by atoms with Crippen LogP contribution in [0.2, 0.25) is 0 Å². The van der Waals surface area contributed by atoms with Crippen LogP contribution >= 0.6 is 0 Å². The zero-order valence-electron chi connectivity index (χ0n) is 15.5. The zero-order chi connectivity index (χ0) is 21.3. The quantitative estimate of drug-likeness (QED) is 0.317. The standard InChI is InChI=1S/C13H9N.C8H10AsNO5/c14-10-12-8-4-5-9-13(12)11-6-2-1-3-7-11;1-6(11)10-8-4-2-7(3-5-8)9(12,13)15-14/h1-9H;2-5,14H,1H3,(H,10,11)(H,12,13). The molecule has 3 aromatic rings. The van der Waals surface area contributed by atoms with Gasteiger partial charge in [-0.15, -0.1) is 0 Å². The first kappa shape index (κ1) is 22.2. The van der Waals surface area contributed by atoms with E-state index >= 15 is 0 Å². The van der Waals surface area contributed by atoms with Gasteiger partial charge in [-0.05, 0) is 17.2 Å². The Morgan fingerprint density at radius 3 is 2.14 bits per heavy atom. The summed E-state index contributed by atoms with van der Waals surface area (Å²) in [5.41, 5.74) is 3.30. The van der Waals surface area contributed by atoms with Crippen molar-refractivity contribution in [3.8, 4) is 17.2 Å². The minimum atomic E-state index is -4.76. The minimum Gasteiger partial charge on any atom is -0.192 e. The van der Waals surface area contributed by atoms with Crippen LogP contribution in [0, 0.1) is 11.3 Å². The summed E-state index contributed by atoms with van der Waals surface area (Å²) in [4.78, 5) is 10.7. The molecule has 0 spiro atoms. The van der Waals surface area contributed by atoms with Crippen LogP contribution in [0.1, 0.15) is 12.5 Å². The maximum absolute atomic E-state index is 11.2. The van der Waals surface area contributed by atoms with Gasteiger partial charge in [-0.3, -0.25) is 0 Å². The Kier molecular flexibility index (Phi) is 7.96. The first-order valence-electron chi connectivity index (χ1n) is 8.46. The Labute approximate surface area is 171 Å². The molecule has 0 aromatic heterocycles. The van der Waals surface area contributed by atoms with Gasteiger partial charge in [-0.2, -0.15) is 5.26 Å². The zero-order valence-corrected chi connectivity index (χ0v) is 17.4. The molecule has 29 heavy (non-hydrogen) atoms. The average molecular weight is 454 g/mol. The van der Waals surface area contributed by atoms with Gasteiger partial charge < -0.3 is 0 Å². The Morgan fingerprint density at radius 2 is 1.59 bits per heavy atom. The summed E-state index contributed by atoms with van der Waals surface area (Å²) in [6, 6.07) is 25.3. The fourth-order valence-corrected chi connectivity index (χ4v) is 3.73. The number of nitriles is 1. The van der Waals surface area contributed by atoms with E-state index in [1.807, 2.05) is 54.6 Å². The number of nitrogens with zero attached hydrogens (tertiary/aromatic N) is 1. The monoisotopic (exact) mass is 454 g/mol. The third-order valence-corrected chi connectivity index (χ3v) is 6.22. The van der Waals surface area contributed by atoms with E-state index in [-0.39, 0.29) is 10.3 Å². The molecule has 0 bridgehead atoms. The van der Waals surface area contributed by atoms with E-state index in [0.29, 0.717) is 5.69 Å². The molecule has 1 amide bonds. The summed E-state index contributed by atoms with van der Waals surface area (Å²) < 4.78 is 23.8. The number of benzene rings is 3. The average Bonchev–Trinajstić information content (AvgIpc) is 2.75. The van der Waals surface area contributed by atoms with Crippen molar-refractivity contribution >= 4 is 30.1 Å². The van der Waals surface area contributed by atoms with Crippen molar-refractivity contribution in [1.82, 2.24) is 0 Å². The van der Waals surface area contributed by atoms with Crippen molar-refractivity contribution < 1.29 is 21.8 Å². The van der Waals surface area contributed by atoms with E-state index in [1.54, 1.807) is 0 Å². The van der Waals surface area contributed by atoms with Crippen LogP contribution in [0.25, 0.3) is 11.1 Å². The van der Waals surface area contributed by atoms with E-state index in [1.165, 1.54) is 31.2 Å². The molecule has 1 atom stereocenters. The molecule has 0 aliphatic rings. The second kappa shape index (κ2) is 10.4. The Hall–Kier alpha value is -3.14. The summed E-state index contributed by atoms with van der Waals surface area (Å²) in [5, 5.41) is 19.6. The van der Waals surface area contributed by atoms with E-state index in [2.05, 4.69) is 15.3 Å². The molecule has 3 aromatic carbocycles. The molecular weight excluding hydrogens is 435 g/mol. The fraction of sp³-hybridized carbons (Fsp3) is 0.0476. The number of rotatable bonds is 4. The number of hydrogen-bond donors (Lipinski definition) is 3. The molecule has 3 rings (SSSR count). The topological polar surface area (TPSA) is 120 Å². The van der Waals surface area contributed by atoms with E-state index in [0.717, 1.165) is 16.7 Å². The first-order chi connectivity index (χ1) is 13.9. The van der Waals surface area contributed by atoms with Crippen molar-refractivity contribution in [3.63, 3.8) is 0 Å². The molecule has 7 nitrogen and oxygen atoms in total. The molecule has 0 aliphatic heterocycles. The Balaban J connectivity index is 0.000000207. The summed E-state index contributed by atoms with van der Waals surface area (Å²) in [5.74, 6) is -0.237. The molecule has 8 heteroatoms. The molecular formula is C21H19AsN2O5. The van der Waals surface area contributed by atoms with Gasteiger partial charge in [0.15, 0.2) is 0 Å². The fourth-order valence-electron chi connectivity index (χ4n) is 2.43. The third-order valence-electron chi connectivity index (χ3n) is 3.76. The van der Waals surface area contributed by atoms with Crippen LogP contribution in [-0.4, -0.2) is 29.4 Å². The maximum atomic E-state index is 11.2. The Bertz CT molecular complexity index is 1050. The van der Waals surface area contributed by atoms with Crippen LogP contribution in [0.4, 0.5) is 5.69 Å². The van der Waals surface area contributed by atoms with Crippen LogP contribution in [0.3, 0.4) is 0 Å². The molecule has 0 radical (unpaired) electrons. The van der Waals surface area contributed by atoms with Crippen LogP contribution in [0.15, 0.2) is 78.9 Å². The number of carbonyl (C=O) groups excluding carboxylic acids is 1. The molecule has 3 N–H and O–H groups in total. The minimum absolute atomic E-state index is 0.00438. The van der Waals surface area contributed by atoms with Crippen LogP contribution in [0.5, 0.6) is 0 Å². The van der Waals surface area contributed by atoms with Gasteiger partial charge in [0, 0.05) is 0 Å². The van der Waals surface area contributed by atoms with Crippen molar-refractivity contribution in [2.24, 2.45) is 0 Å². The summed E-state index contributed by atoms with van der Waals surface area (Å²) in [7, 11) is 0. The maximum Gasteiger partial charge on any atom is 0.0998 e. The van der Waals surface area contributed by atoms with Gasteiger partial charge in [-0.25, -0.2) is 0 Å². The number of amides is 1. The summed E-state index contributed by atoms with van der Waals surface area (Å²) in [6.07, 6.45) is 0. The number of nitrogens with one attached hydrogen (secondary N) is 1. The van der Waals surface area contributed by atoms with Gasteiger partial charge in [0.25, 0.3) is 0 Å². The SMILES string of the molecule is CC(=O)Nc1ccc([As](=O)(O)OO)cc1.N#Cc1ccccc1-c1ccccc1. The van der Waals surface area contributed by atoms with E-state index in [4.69, 9.17) is 14.6 Å². The third kappa shape index (κ3) is 6.45. The van der Waals surface area contributed by atoms with Gasteiger partial charge in [0.05, 0.1) is 11.6 Å². The smallest absolute Gasteiger partial charge is 0.0998 e. The van der Waals surface area contributed by atoms with E-state index < -0.39 is 14.2 Å². The predicted molar refractivity (Wildman–Crippen MR) is 109 cm³/mol. The molecule has 0 saturated heterocycles. The van der Waals surface area contributed by atoms with Crippen molar-refractivity contribution in [2.75, 3.05) is 5.32 Å². The molecule has 148 valence electrons. The van der Waals surface area contributed by atoms with Gasteiger partial charge in [-0.1, -0.05) is 48.5 Å². The van der Waals surface area contributed by atoms with Crippen molar-refractivity contribution in [2.45, 2.75) is 6.92 Å². The molecule has 0 aliphatic carbocycles. The van der Waals surface area contributed by atoms with Gasteiger partial charge in [0.1, 0.15) is 0 Å². The number of carbonyl (C=O) groups is 1. The molecule has 0 heterocycles. The van der Waals surface area contributed by atoms with Gasteiger partial charge in [0.2, 0.25) is 0 Å². The second-order valence-corrected chi connectivity index (χ2v) is 9.46. The largest absolute Gasteiger partial charge is 0.192 e. The van der Waals surface area contributed by atoms with Crippen molar-refractivity contribution in [3.05, 3.63) is 84.4 Å². The first-order valence-corrected chi connectivity index (χ1v) is 11.8. The normalized spacial score (nSPS) is 11.9. The number of anilines is 1. The van der Waals surface area contributed by atoms with Gasteiger partial charge >= 0.3 is 88.4 Å².